The Bertz CT molecular complexity index is 101. The number of hydroxylamine groups is 2. The second-order valence-corrected chi connectivity index (χ2v) is 3.39. The zero-order valence-corrected chi connectivity index (χ0v) is 6.22. The molecule has 1 rings (SSSR count). The lowest BCUT2D eigenvalue weighted by Gasteiger charge is -2.37. The third-order valence-electron chi connectivity index (χ3n) is 2.11. The Morgan fingerprint density at radius 1 is 1.33 bits per heavy atom. The van der Waals surface area contributed by atoms with Crippen LogP contribution in [0, 0.1) is 0 Å². The van der Waals surface area contributed by atoms with Crippen LogP contribution in [0.4, 0.5) is 0 Å². The van der Waals surface area contributed by atoms with Crippen molar-refractivity contribution >= 4 is 0 Å². The van der Waals surface area contributed by atoms with Gasteiger partial charge >= 0.3 is 0 Å². The molecule has 1 aliphatic rings. The molecule has 1 N–H and O–H groups in total. The Balaban J connectivity index is 2.49. The fraction of sp³-hybridized carbons (Fsp3) is 1.00. The smallest absolute Gasteiger partial charge is 0.0404 e. The first-order valence-corrected chi connectivity index (χ1v) is 3.59. The minimum absolute atomic E-state index is 0.0260. The first-order valence-electron chi connectivity index (χ1n) is 3.59. The Morgan fingerprint density at radius 2 is 2.00 bits per heavy atom. The Labute approximate surface area is 56.4 Å². The fourth-order valence-electron chi connectivity index (χ4n) is 1.25. The second-order valence-electron chi connectivity index (χ2n) is 3.39. The summed E-state index contributed by atoms with van der Waals surface area (Å²) in [6.07, 6.45) is 3.51. The molecule has 0 atom stereocenters. The minimum atomic E-state index is 0.0260. The lowest BCUT2D eigenvalue weighted by Crippen LogP contribution is -2.44. The van der Waals surface area contributed by atoms with Gasteiger partial charge in [0.2, 0.25) is 0 Å². The molecule has 0 aliphatic carbocycles. The molecule has 54 valence electrons. The van der Waals surface area contributed by atoms with Gasteiger partial charge in [0.25, 0.3) is 0 Å². The lowest BCUT2D eigenvalue weighted by atomic mass is 9.93. The van der Waals surface area contributed by atoms with Crippen molar-refractivity contribution in [1.29, 1.82) is 0 Å². The van der Waals surface area contributed by atoms with Crippen molar-refractivity contribution in [3.63, 3.8) is 0 Å². The van der Waals surface area contributed by atoms with Gasteiger partial charge in [0.15, 0.2) is 0 Å². The highest BCUT2D eigenvalue weighted by Crippen LogP contribution is 2.24. The van der Waals surface area contributed by atoms with E-state index in [2.05, 4.69) is 13.8 Å². The molecule has 2 nitrogen and oxygen atoms in total. The summed E-state index contributed by atoms with van der Waals surface area (Å²) < 4.78 is 0. The maximum absolute atomic E-state index is 9.27. The maximum atomic E-state index is 9.27. The van der Waals surface area contributed by atoms with Crippen LogP contribution in [0.2, 0.25) is 0 Å². The number of rotatable bonds is 0. The fourth-order valence-corrected chi connectivity index (χ4v) is 1.25. The molecule has 0 radical (unpaired) electrons. The predicted octanol–water partition coefficient (Wildman–Crippen LogP) is 1.64. The standard InChI is InChI=1S/C7H15NO/c1-7(2)5-3-4-6-8(7)9/h9H,3-6H2,1-2H3. The van der Waals surface area contributed by atoms with E-state index in [1.54, 1.807) is 0 Å². The van der Waals surface area contributed by atoms with Gasteiger partial charge in [0.05, 0.1) is 0 Å². The summed E-state index contributed by atoms with van der Waals surface area (Å²) in [7, 11) is 0. The van der Waals surface area contributed by atoms with Crippen molar-refractivity contribution in [1.82, 2.24) is 5.06 Å². The number of hydrogen-bond acceptors (Lipinski definition) is 2. The van der Waals surface area contributed by atoms with Gasteiger partial charge in [-0.15, -0.1) is 0 Å². The average Bonchev–Trinajstić information content (AvgIpc) is 1.77. The van der Waals surface area contributed by atoms with Crippen LogP contribution < -0.4 is 0 Å². The molecule has 0 saturated carbocycles. The van der Waals surface area contributed by atoms with E-state index >= 15 is 0 Å². The van der Waals surface area contributed by atoms with Crippen LogP contribution in [0.1, 0.15) is 33.1 Å². The van der Waals surface area contributed by atoms with Gasteiger partial charge in [-0.25, -0.2) is 0 Å². The van der Waals surface area contributed by atoms with Gasteiger partial charge < -0.3 is 5.21 Å². The van der Waals surface area contributed by atoms with Crippen LogP contribution in [0.25, 0.3) is 0 Å². The molecule has 0 aromatic heterocycles. The second kappa shape index (κ2) is 2.27. The summed E-state index contributed by atoms with van der Waals surface area (Å²) in [5.74, 6) is 0. The van der Waals surface area contributed by atoms with Crippen molar-refractivity contribution < 1.29 is 5.21 Å². The number of hydrogen-bond donors (Lipinski definition) is 1. The van der Waals surface area contributed by atoms with Crippen LogP contribution >= 0.6 is 0 Å². The summed E-state index contributed by atoms with van der Waals surface area (Å²) in [5, 5.41) is 10.7. The van der Waals surface area contributed by atoms with Gasteiger partial charge in [-0.2, -0.15) is 5.06 Å². The van der Waals surface area contributed by atoms with Crippen LogP contribution in [-0.2, 0) is 0 Å². The van der Waals surface area contributed by atoms with Gasteiger partial charge in [-0.3, -0.25) is 0 Å². The molecule has 1 fully saturated rings. The molecule has 1 saturated heterocycles. The van der Waals surface area contributed by atoms with Crippen molar-refractivity contribution in [3.05, 3.63) is 0 Å². The molecule has 0 spiro atoms. The van der Waals surface area contributed by atoms with Gasteiger partial charge in [0, 0.05) is 12.1 Å². The van der Waals surface area contributed by atoms with Gasteiger partial charge in [-0.1, -0.05) is 6.42 Å². The maximum Gasteiger partial charge on any atom is 0.0404 e. The summed E-state index contributed by atoms with van der Waals surface area (Å²) in [6, 6.07) is 0. The van der Waals surface area contributed by atoms with Gasteiger partial charge in [0.1, 0.15) is 0 Å². The molecule has 2 heteroatoms. The molecule has 0 amide bonds. The minimum Gasteiger partial charge on any atom is -0.313 e. The van der Waals surface area contributed by atoms with Crippen molar-refractivity contribution in [3.8, 4) is 0 Å². The Kier molecular flexibility index (Phi) is 1.78. The molecular weight excluding hydrogens is 114 g/mol. The molecule has 1 heterocycles. The quantitative estimate of drug-likeness (QED) is 0.537. The van der Waals surface area contributed by atoms with E-state index < -0.39 is 0 Å². The number of piperidine rings is 1. The molecule has 1 aliphatic heterocycles. The van der Waals surface area contributed by atoms with E-state index in [9.17, 15) is 5.21 Å². The Hall–Kier alpha value is -0.0800. The van der Waals surface area contributed by atoms with Crippen LogP contribution in [0.15, 0.2) is 0 Å². The predicted molar refractivity (Wildman–Crippen MR) is 36.4 cm³/mol. The zero-order valence-electron chi connectivity index (χ0n) is 6.22. The van der Waals surface area contributed by atoms with Crippen LogP contribution in [0.3, 0.4) is 0 Å². The molecule has 9 heavy (non-hydrogen) atoms. The Morgan fingerprint density at radius 3 is 2.33 bits per heavy atom. The van der Waals surface area contributed by atoms with Gasteiger partial charge in [-0.05, 0) is 26.7 Å². The molecule has 0 unspecified atom stereocenters. The monoisotopic (exact) mass is 129 g/mol. The summed E-state index contributed by atoms with van der Waals surface area (Å²) >= 11 is 0. The molecule has 0 aromatic carbocycles. The SMILES string of the molecule is CC1(C)CCCCN1O. The van der Waals surface area contributed by atoms with E-state index in [4.69, 9.17) is 0 Å². The lowest BCUT2D eigenvalue weighted by molar-refractivity contribution is -0.177. The van der Waals surface area contributed by atoms with E-state index in [1.165, 1.54) is 11.5 Å². The largest absolute Gasteiger partial charge is 0.313 e. The van der Waals surface area contributed by atoms with Crippen molar-refractivity contribution in [2.24, 2.45) is 0 Å². The van der Waals surface area contributed by atoms with Crippen molar-refractivity contribution in [2.45, 2.75) is 38.6 Å². The average molecular weight is 129 g/mol. The third kappa shape index (κ3) is 1.43. The summed E-state index contributed by atoms with van der Waals surface area (Å²) in [5.41, 5.74) is 0.0260. The summed E-state index contributed by atoms with van der Waals surface area (Å²) in [6.45, 7) is 4.99. The number of nitrogens with zero attached hydrogens (tertiary/aromatic N) is 1. The highest BCUT2D eigenvalue weighted by atomic mass is 16.5. The highest BCUT2D eigenvalue weighted by molar-refractivity contribution is 4.79. The van der Waals surface area contributed by atoms with Crippen molar-refractivity contribution in [2.75, 3.05) is 6.54 Å². The van der Waals surface area contributed by atoms with E-state index in [1.807, 2.05) is 0 Å². The molecule has 0 bridgehead atoms. The topological polar surface area (TPSA) is 23.5 Å². The third-order valence-corrected chi connectivity index (χ3v) is 2.11. The summed E-state index contributed by atoms with van der Waals surface area (Å²) in [4.78, 5) is 0. The highest BCUT2D eigenvalue weighted by Gasteiger charge is 2.27. The van der Waals surface area contributed by atoms with E-state index in [0.717, 1.165) is 19.4 Å². The first kappa shape index (κ1) is 7.03. The molecular formula is C7H15NO. The van der Waals surface area contributed by atoms with Crippen LogP contribution in [-0.4, -0.2) is 22.4 Å². The van der Waals surface area contributed by atoms with Crippen LogP contribution in [0.5, 0.6) is 0 Å². The zero-order chi connectivity index (χ0) is 6.91. The van der Waals surface area contributed by atoms with E-state index in [-0.39, 0.29) is 5.54 Å². The normalized spacial score (nSPS) is 28.3. The van der Waals surface area contributed by atoms with E-state index in [0.29, 0.717) is 0 Å². The first-order chi connectivity index (χ1) is 4.13. The molecule has 0 aromatic rings.